The van der Waals surface area contributed by atoms with Gasteiger partial charge < -0.3 is 9.13 Å². The minimum absolute atomic E-state index is 0.843. The van der Waals surface area contributed by atoms with Crippen molar-refractivity contribution in [1.82, 2.24) is 23.7 Å². The van der Waals surface area contributed by atoms with Crippen LogP contribution >= 0.6 is 0 Å². The SMILES string of the molecule is c1ccc(-c2ccc3c(c2)c2cc4c(cc2n3-c2cccc(-c3ccc5c(c3)c3ccccc3n5-c3ccccc3)n2)N(c2cccc(-c3ccc5c(c3)c3ccccc3n5-c3ccccc3)n2)c2cccc3cccc-4c23)cc1. The quantitative estimate of drug-likeness (QED) is 0.160. The van der Waals surface area contributed by atoms with Crippen molar-refractivity contribution >= 4 is 93.4 Å². The Morgan fingerprint density at radius 2 is 0.725 bits per heavy atom. The van der Waals surface area contributed by atoms with Gasteiger partial charge in [0.05, 0.1) is 55.9 Å². The number of aromatic nitrogens is 5. The molecule has 0 unspecified atom stereocenters. The van der Waals surface area contributed by atoms with Gasteiger partial charge in [0.1, 0.15) is 11.6 Å². The molecule has 0 radical (unpaired) electrons. The number of hydrogen-bond donors (Lipinski definition) is 0. The Morgan fingerprint density at radius 3 is 1.36 bits per heavy atom. The van der Waals surface area contributed by atoms with Crippen molar-refractivity contribution in [3.8, 4) is 62.0 Å². The molecule has 0 spiro atoms. The monoisotopic (exact) mass is 1020 g/mol. The highest BCUT2D eigenvalue weighted by Gasteiger charge is 2.30. The second-order valence-corrected chi connectivity index (χ2v) is 20.9. The molecule has 6 heteroatoms. The van der Waals surface area contributed by atoms with Gasteiger partial charge in [-0.3, -0.25) is 9.47 Å². The van der Waals surface area contributed by atoms with Crippen LogP contribution < -0.4 is 4.90 Å². The Bertz CT molecular complexity index is 5180. The predicted molar refractivity (Wildman–Crippen MR) is 333 cm³/mol. The van der Waals surface area contributed by atoms with Gasteiger partial charge in [-0.2, -0.15) is 0 Å². The Morgan fingerprint density at radius 1 is 0.250 bits per heavy atom. The molecule has 0 saturated heterocycles. The summed E-state index contributed by atoms with van der Waals surface area (Å²) in [5.74, 6) is 1.69. The van der Waals surface area contributed by atoms with Gasteiger partial charge in [0.25, 0.3) is 0 Å². The minimum atomic E-state index is 0.843. The average Bonchev–Trinajstić information content (AvgIpc) is 4.28. The fraction of sp³-hybridized carbons (Fsp3) is 0. The number of hydrogen-bond acceptors (Lipinski definition) is 3. The number of rotatable bonds is 7. The van der Waals surface area contributed by atoms with Gasteiger partial charge in [-0.25, -0.2) is 9.97 Å². The third-order valence-electron chi connectivity index (χ3n) is 16.5. The van der Waals surface area contributed by atoms with Crippen LogP contribution in [0.5, 0.6) is 0 Å². The van der Waals surface area contributed by atoms with Gasteiger partial charge in [0, 0.05) is 65.8 Å². The maximum atomic E-state index is 5.63. The van der Waals surface area contributed by atoms with Gasteiger partial charge in [0.2, 0.25) is 0 Å². The van der Waals surface area contributed by atoms with Gasteiger partial charge in [0.15, 0.2) is 0 Å². The summed E-state index contributed by atoms with van der Waals surface area (Å²) in [6.07, 6.45) is 0. The molecule has 1 aliphatic heterocycles. The van der Waals surface area contributed by atoms with Crippen LogP contribution in [0.3, 0.4) is 0 Å². The van der Waals surface area contributed by atoms with Crippen molar-refractivity contribution in [1.29, 1.82) is 0 Å². The van der Waals surface area contributed by atoms with E-state index in [-0.39, 0.29) is 0 Å². The molecule has 0 fully saturated rings. The molecular formula is C74H46N6. The fourth-order valence-corrected chi connectivity index (χ4v) is 13.0. The molecule has 1 aliphatic rings. The van der Waals surface area contributed by atoms with Crippen LogP contribution in [-0.4, -0.2) is 23.7 Å². The van der Waals surface area contributed by atoms with Gasteiger partial charge in [-0.1, -0.05) is 164 Å². The topological polar surface area (TPSA) is 43.8 Å². The Labute approximate surface area is 460 Å². The first-order valence-corrected chi connectivity index (χ1v) is 27.3. The Kier molecular flexibility index (Phi) is 9.61. The smallest absolute Gasteiger partial charge is 0.138 e. The average molecular weight is 1020 g/mol. The lowest BCUT2D eigenvalue weighted by Crippen LogP contribution is -2.16. The number of fused-ring (bicyclic) bond motifs is 11. The van der Waals surface area contributed by atoms with Crippen LogP contribution in [0.1, 0.15) is 0 Å². The Balaban J connectivity index is 0.868. The van der Waals surface area contributed by atoms with E-state index < -0.39 is 0 Å². The van der Waals surface area contributed by atoms with E-state index in [1.54, 1.807) is 0 Å². The van der Waals surface area contributed by atoms with E-state index >= 15 is 0 Å². The summed E-state index contributed by atoms with van der Waals surface area (Å²) in [5, 5.41) is 9.50. The standard InChI is InChI=1S/C74H46N6/c1-4-18-47(19-5-1)49-36-39-68-59(42-49)61-45-60-56-28-14-20-48-21-15-33-69(74(48)56)80(73-35-17-30-63(76-73)51-38-41-67-58(44-51)55-27-11-13-32-65(55)78(67)53-24-8-3-9-25-53)70(60)46-71(61)79(68)72-34-16-29-62(75-72)50-37-40-66-57(43-50)54-26-10-12-31-64(54)77(66)52-22-6-2-7-23-52/h1-46H. The van der Waals surface area contributed by atoms with E-state index in [4.69, 9.17) is 9.97 Å². The molecule has 17 rings (SSSR count). The zero-order valence-electron chi connectivity index (χ0n) is 43.2. The van der Waals surface area contributed by atoms with Crippen LogP contribution in [-0.2, 0) is 0 Å². The summed E-state index contributed by atoms with van der Waals surface area (Å²) in [6.45, 7) is 0. The van der Waals surface area contributed by atoms with Gasteiger partial charge in [-0.05, 0) is 137 Å². The summed E-state index contributed by atoms with van der Waals surface area (Å²) in [5.41, 5.74) is 19.9. The zero-order chi connectivity index (χ0) is 52.4. The molecule has 372 valence electrons. The summed E-state index contributed by atoms with van der Waals surface area (Å²) in [6, 6.07) is 101. The lowest BCUT2D eigenvalue weighted by atomic mass is 9.90. The maximum Gasteiger partial charge on any atom is 0.138 e. The number of pyridine rings is 2. The first-order chi connectivity index (χ1) is 39.7. The van der Waals surface area contributed by atoms with Crippen LogP contribution in [0.25, 0.3) is 138 Å². The minimum Gasteiger partial charge on any atom is -0.309 e. The van der Waals surface area contributed by atoms with Gasteiger partial charge >= 0.3 is 0 Å². The van der Waals surface area contributed by atoms with Crippen molar-refractivity contribution in [2.45, 2.75) is 0 Å². The fourth-order valence-electron chi connectivity index (χ4n) is 13.0. The maximum absolute atomic E-state index is 5.63. The zero-order valence-corrected chi connectivity index (χ0v) is 43.2. The van der Waals surface area contributed by atoms with E-state index in [2.05, 4.69) is 298 Å². The van der Waals surface area contributed by atoms with Crippen molar-refractivity contribution in [2.75, 3.05) is 4.90 Å². The summed E-state index contributed by atoms with van der Waals surface area (Å²) < 4.78 is 7.09. The molecule has 0 saturated carbocycles. The second kappa shape index (κ2) is 17.3. The van der Waals surface area contributed by atoms with Crippen LogP contribution in [0, 0.1) is 0 Å². The highest BCUT2D eigenvalue weighted by atomic mass is 15.2. The number of anilines is 3. The van der Waals surface area contributed by atoms with Crippen LogP contribution in [0.15, 0.2) is 279 Å². The molecule has 0 bridgehead atoms. The summed E-state index contributed by atoms with van der Waals surface area (Å²) in [7, 11) is 0. The van der Waals surface area contributed by atoms with Crippen molar-refractivity contribution < 1.29 is 0 Å². The summed E-state index contributed by atoms with van der Waals surface area (Å²) >= 11 is 0. The largest absolute Gasteiger partial charge is 0.309 e. The molecular weight excluding hydrogens is 973 g/mol. The van der Waals surface area contributed by atoms with Crippen molar-refractivity contribution in [3.63, 3.8) is 0 Å². The first kappa shape index (κ1) is 44.3. The molecule has 6 heterocycles. The van der Waals surface area contributed by atoms with E-state index in [0.29, 0.717) is 0 Å². The molecule has 0 atom stereocenters. The molecule has 11 aromatic carbocycles. The van der Waals surface area contributed by atoms with Crippen molar-refractivity contribution in [2.24, 2.45) is 0 Å². The highest BCUT2D eigenvalue weighted by molar-refractivity contribution is 6.19. The second-order valence-electron chi connectivity index (χ2n) is 20.9. The third kappa shape index (κ3) is 6.66. The van der Waals surface area contributed by atoms with Crippen LogP contribution in [0.4, 0.5) is 17.2 Å². The number of nitrogens with zero attached hydrogens (tertiary/aromatic N) is 6. The lowest BCUT2D eigenvalue weighted by Gasteiger charge is -2.33. The molecule has 5 aromatic heterocycles. The van der Waals surface area contributed by atoms with Crippen LogP contribution in [0.2, 0.25) is 0 Å². The van der Waals surface area contributed by atoms with E-state index in [1.807, 2.05) is 0 Å². The highest BCUT2D eigenvalue weighted by Crippen LogP contribution is 2.53. The Hall–Kier alpha value is -10.8. The van der Waals surface area contributed by atoms with Gasteiger partial charge in [-0.15, -0.1) is 0 Å². The lowest BCUT2D eigenvalue weighted by molar-refractivity contribution is 1.08. The van der Waals surface area contributed by atoms with Crippen molar-refractivity contribution in [3.05, 3.63) is 279 Å². The molecule has 0 N–H and O–H groups in total. The molecule has 6 nitrogen and oxygen atoms in total. The van der Waals surface area contributed by atoms with E-state index in [0.717, 1.165) is 101 Å². The normalized spacial score (nSPS) is 12.2. The first-order valence-electron chi connectivity index (χ1n) is 27.3. The molecule has 16 aromatic rings. The molecule has 80 heavy (non-hydrogen) atoms. The van der Waals surface area contributed by atoms with E-state index in [9.17, 15) is 0 Å². The molecule has 0 amide bonds. The molecule has 0 aliphatic carbocycles. The summed E-state index contributed by atoms with van der Waals surface area (Å²) in [4.78, 5) is 13.6. The van der Waals surface area contributed by atoms with E-state index in [1.165, 1.54) is 54.5 Å². The number of benzene rings is 11. The predicted octanol–water partition coefficient (Wildman–Crippen LogP) is 19.4. The number of para-hydroxylation sites is 4. The third-order valence-corrected chi connectivity index (χ3v) is 16.5.